The van der Waals surface area contributed by atoms with Crippen molar-refractivity contribution in [3.63, 3.8) is 0 Å². The van der Waals surface area contributed by atoms with Crippen molar-refractivity contribution in [1.29, 1.82) is 0 Å². The summed E-state index contributed by atoms with van der Waals surface area (Å²) in [6.45, 7) is 4.09. The lowest BCUT2D eigenvalue weighted by Gasteiger charge is -2.33. The molecule has 0 saturated carbocycles. The standard InChI is InChI=1S/C15H20ClNO3/c1-11-12(3-2-4-13(11)16)9-17-10-15(14(18)19)5-7-20-8-6-15/h2-4,17H,5-10H2,1H3,(H,18,19). The van der Waals surface area contributed by atoms with Crippen LogP contribution >= 0.6 is 11.6 Å². The van der Waals surface area contributed by atoms with Crippen molar-refractivity contribution in [3.8, 4) is 0 Å². The van der Waals surface area contributed by atoms with E-state index in [2.05, 4.69) is 5.32 Å². The van der Waals surface area contributed by atoms with Gasteiger partial charge in [-0.2, -0.15) is 0 Å². The number of benzene rings is 1. The van der Waals surface area contributed by atoms with E-state index in [1.807, 2.05) is 25.1 Å². The molecule has 0 amide bonds. The normalized spacial score (nSPS) is 17.9. The van der Waals surface area contributed by atoms with Crippen LogP contribution in [0.25, 0.3) is 0 Å². The number of carboxylic acid groups (broad SMARTS) is 1. The fourth-order valence-electron chi connectivity index (χ4n) is 2.51. The Hall–Kier alpha value is -1.10. The van der Waals surface area contributed by atoms with Gasteiger partial charge in [-0.15, -0.1) is 0 Å². The van der Waals surface area contributed by atoms with E-state index in [9.17, 15) is 9.90 Å². The monoisotopic (exact) mass is 297 g/mol. The molecular weight excluding hydrogens is 278 g/mol. The molecule has 110 valence electrons. The molecule has 2 rings (SSSR count). The van der Waals surface area contributed by atoms with E-state index in [1.165, 1.54) is 0 Å². The maximum absolute atomic E-state index is 11.5. The van der Waals surface area contributed by atoms with Crippen LogP contribution in [-0.4, -0.2) is 30.8 Å². The summed E-state index contributed by atoms with van der Waals surface area (Å²) in [6.07, 6.45) is 1.12. The molecule has 1 aliphatic heterocycles. The highest BCUT2D eigenvalue weighted by molar-refractivity contribution is 6.31. The Labute approximate surface area is 124 Å². The summed E-state index contributed by atoms with van der Waals surface area (Å²) >= 11 is 6.08. The van der Waals surface area contributed by atoms with Gasteiger partial charge in [0.05, 0.1) is 5.41 Å². The van der Waals surface area contributed by atoms with Crippen molar-refractivity contribution in [2.45, 2.75) is 26.3 Å². The molecule has 1 aliphatic rings. The molecule has 1 saturated heterocycles. The van der Waals surface area contributed by atoms with E-state index in [4.69, 9.17) is 16.3 Å². The molecule has 1 fully saturated rings. The van der Waals surface area contributed by atoms with Crippen molar-refractivity contribution in [2.24, 2.45) is 5.41 Å². The lowest BCUT2D eigenvalue weighted by atomic mass is 9.80. The molecule has 0 aromatic heterocycles. The molecule has 0 aliphatic carbocycles. The first-order valence-corrected chi connectivity index (χ1v) is 7.19. The highest BCUT2D eigenvalue weighted by Gasteiger charge is 2.39. The van der Waals surface area contributed by atoms with Crippen LogP contribution in [0.5, 0.6) is 0 Å². The lowest BCUT2D eigenvalue weighted by Crippen LogP contribution is -2.45. The van der Waals surface area contributed by atoms with Gasteiger partial charge in [0, 0.05) is 31.3 Å². The fourth-order valence-corrected chi connectivity index (χ4v) is 2.70. The van der Waals surface area contributed by atoms with Crippen LogP contribution in [0.4, 0.5) is 0 Å². The smallest absolute Gasteiger partial charge is 0.311 e. The minimum Gasteiger partial charge on any atom is -0.481 e. The van der Waals surface area contributed by atoms with Crippen LogP contribution in [-0.2, 0) is 16.1 Å². The second-order valence-electron chi connectivity index (χ2n) is 5.33. The van der Waals surface area contributed by atoms with E-state index >= 15 is 0 Å². The van der Waals surface area contributed by atoms with Crippen molar-refractivity contribution < 1.29 is 14.6 Å². The first kappa shape index (κ1) is 15.3. The number of rotatable bonds is 5. The molecule has 2 N–H and O–H groups in total. The Morgan fingerprint density at radius 3 is 2.80 bits per heavy atom. The number of nitrogens with one attached hydrogen (secondary N) is 1. The van der Waals surface area contributed by atoms with Crippen LogP contribution < -0.4 is 5.32 Å². The third kappa shape index (κ3) is 3.32. The second-order valence-corrected chi connectivity index (χ2v) is 5.73. The molecule has 0 atom stereocenters. The van der Waals surface area contributed by atoms with E-state index in [0.717, 1.165) is 16.1 Å². The maximum Gasteiger partial charge on any atom is 0.311 e. The third-order valence-corrected chi connectivity index (χ3v) is 4.47. The van der Waals surface area contributed by atoms with Gasteiger partial charge in [-0.25, -0.2) is 0 Å². The predicted molar refractivity (Wildman–Crippen MR) is 78.0 cm³/mol. The molecule has 0 bridgehead atoms. The third-order valence-electron chi connectivity index (χ3n) is 4.06. The van der Waals surface area contributed by atoms with Crippen molar-refractivity contribution in [3.05, 3.63) is 34.3 Å². The molecular formula is C15H20ClNO3. The summed E-state index contributed by atoms with van der Waals surface area (Å²) in [4.78, 5) is 11.5. The van der Waals surface area contributed by atoms with Gasteiger partial charge in [0.15, 0.2) is 0 Å². The van der Waals surface area contributed by atoms with Gasteiger partial charge in [-0.3, -0.25) is 4.79 Å². The number of halogens is 1. The number of hydrogen-bond donors (Lipinski definition) is 2. The van der Waals surface area contributed by atoms with E-state index < -0.39 is 11.4 Å². The van der Waals surface area contributed by atoms with Crippen LogP contribution in [0.1, 0.15) is 24.0 Å². The highest BCUT2D eigenvalue weighted by Crippen LogP contribution is 2.30. The number of aliphatic carboxylic acids is 1. The predicted octanol–water partition coefficient (Wildman–Crippen LogP) is 2.62. The maximum atomic E-state index is 11.5. The molecule has 4 nitrogen and oxygen atoms in total. The highest BCUT2D eigenvalue weighted by atomic mass is 35.5. The van der Waals surface area contributed by atoms with Crippen LogP contribution in [0.2, 0.25) is 5.02 Å². The van der Waals surface area contributed by atoms with Gasteiger partial charge in [-0.05, 0) is 37.0 Å². The van der Waals surface area contributed by atoms with Crippen LogP contribution in [0.15, 0.2) is 18.2 Å². The average molecular weight is 298 g/mol. The minimum absolute atomic E-state index is 0.456. The Balaban J connectivity index is 1.97. The molecule has 1 heterocycles. The van der Waals surface area contributed by atoms with Crippen molar-refractivity contribution in [2.75, 3.05) is 19.8 Å². The Kier molecular flexibility index (Phi) is 5.02. The van der Waals surface area contributed by atoms with E-state index in [1.54, 1.807) is 0 Å². The van der Waals surface area contributed by atoms with Gasteiger partial charge < -0.3 is 15.2 Å². The summed E-state index contributed by atoms with van der Waals surface area (Å²) < 4.78 is 5.27. The van der Waals surface area contributed by atoms with Crippen molar-refractivity contribution in [1.82, 2.24) is 5.32 Å². The quantitative estimate of drug-likeness (QED) is 0.877. The fraction of sp³-hybridized carbons (Fsp3) is 0.533. The topological polar surface area (TPSA) is 58.6 Å². The Morgan fingerprint density at radius 2 is 2.15 bits per heavy atom. The van der Waals surface area contributed by atoms with Gasteiger partial charge in [0.2, 0.25) is 0 Å². The van der Waals surface area contributed by atoms with Gasteiger partial charge in [0.25, 0.3) is 0 Å². The van der Waals surface area contributed by atoms with Crippen LogP contribution in [0.3, 0.4) is 0 Å². The largest absolute Gasteiger partial charge is 0.481 e. The summed E-state index contributed by atoms with van der Waals surface area (Å²) in [5.41, 5.74) is 1.44. The minimum atomic E-state index is -0.740. The number of hydrogen-bond acceptors (Lipinski definition) is 3. The zero-order valence-electron chi connectivity index (χ0n) is 11.6. The first-order chi connectivity index (χ1) is 9.55. The average Bonchev–Trinajstić information content (AvgIpc) is 2.44. The molecule has 0 spiro atoms. The molecule has 1 aromatic rings. The Morgan fingerprint density at radius 1 is 1.45 bits per heavy atom. The van der Waals surface area contributed by atoms with Crippen LogP contribution in [0, 0.1) is 12.3 Å². The zero-order chi connectivity index (χ0) is 14.6. The van der Waals surface area contributed by atoms with Gasteiger partial charge in [0.1, 0.15) is 0 Å². The SMILES string of the molecule is Cc1c(Cl)cccc1CNCC1(C(=O)O)CCOCC1. The first-order valence-electron chi connectivity index (χ1n) is 6.81. The zero-order valence-corrected chi connectivity index (χ0v) is 12.4. The molecule has 0 radical (unpaired) electrons. The summed E-state index contributed by atoms with van der Waals surface area (Å²) in [7, 11) is 0. The molecule has 5 heteroatoms. The summed E-state index contributed by atoms with van der Waals surface area (Å²) in [5.74, 6) is -0.740. The molecule has 0 unspecified atom stereocenters. The van der Waals surface area contributed by atoms with E-state index in [-0.39, 0.29) is 0 Å². The molecule has 1 aromatic carbocycles. The molecule has 20 heavy (non-hydrogen) atoms. The number of ether oxygens (including phenoxy) is 1. The lowest BCUT2D eigenvalue weighted by molar-refractivity contribution is -0.154. The van der Waals surface area contributed by atoms with Crippen molar-refractivity contribution >= 4 is 17.6 Å². The number of carbonyl (C=O) groups is 1. The Bertz CT molecular complexity index is 484. The summed E-state index contributed by atoms with van der Waals surface area (Å²) in [6, 6.07) is 5.77. The number of carboxylic acids is 1. The van der Waals surface area contributed by atoms with Gasteiger partial charge >= 0.3 is 5.97 Å². The van der Waals surface area contributed by atoms with Gasteiger partial charge in [-0.1, -0.05) is 23.7 Å². The van der Waals surface area contributed by atoms with E-state index in [0.29, 0.717) is 39.1 Å². The second kappa shape index (κ2) is 6.57. The summed E-state index contributed by atoms with van der Waals surface area (Å²) in [5, 5.41) is 13.5.